The quantitative estimate of drug-likeness (QED) is 0.846. The maximum absolute atomic E-state index is 10.9. The number of carbonyl (C=O) groups is 1. The van der Waals surface area contributed by atoms with Gasteiger partial charge in [-0.1, -0.05) is 11.6 Å². The van der Waals surface area contributed by atoms with E-state index in [1.165, 1.54) is 6.20 Å². The Kier molecular flexibility index (Phi) is 3.94. The van der Waals surface area contributed by atoms with Gasteiger partial charge in [-0.3, -0.25) is 4.98 Å². The van der Waals surface area contributed by atoms with Gasteiger partial charge in [-0.05, 0) is 37.9 Å². The first-order chi connectivity index (χ1) is 8.49. The third-order valence-corrected chi connectivity index (χ3v) is 3.28. The van der Waals surface area contributed by atoms with Crippen LogP contribution in [0.1, 0.15) is 10.5 Å². The molecule has 2 aromatic rings. The van der Waals surface area contributed by atoms with Crippen molar-refractivity contribution < 1.29 is 9.90 Å². The molecule has 0 unspecified atom stereocenters. The van der Waals surface area contributed by atoms with Crippen LogP contribution in [0, 0.1) is 0 Å². The van der Waals surface area contributed by atoms with E-state index < -0.39 is 5.97 Å². The topological polar surface area (TPSA) is 76.0 Å². The number of halogens is 3. The Labute approximate surface area is 124 Å². The number of hydrogen-bond acceptors (Lipinski definition) is 4. The minimum Gasteiger partial charge on any atom is -0.476 e. The summed E-state index contributed by atoms with van der Waals surface area (Å²) in [5.41, 5.74) is 0.190. The third-order valence-electron chi connectivity index (χ3n) is 1.97. The van der Waals surface area contributed by atoms with Crippen molar-refractivity contribution in [3.8, 4) is 11.5 Å². The molecule has 5 nitrogen and oxygen atoms in total. The molecular formula is C10H4Br2ClN3O2. The zero-order valence-electron chi connectivity index (χ0n) is 8.56. The maximum atomic E-state index is 10.9. The molecule has 0 saturated carbocycles. The molecule has 0 spiro atoms. The summed E-state index contributed by atoms with van der Waals surface area (Å²) in [6.45, 7) is 0. The minimum atomic E-state index is -1.21. The Morgan fingerprint density at radius 3 is 2.61 bits per heavy atom. The lowest BCUT2D eigenvalue weighted by atomic mass is 10.3. The van der Waals surface area contributed by atoms with E-state index in [9.17, 15) is 4.79 Å². The zero-order chi connectivity index (χ0) is 13.3. The molecule has 0 saturated heterocycles. The number of aromatic carboxylic acids is 1. The van der Waals surface area contributed by atoms with Crippen molar-refractivity contribution in [1.29, 1.82) is 0 Å². The second-order valence-corrected chi connectivity index (χ2v) is 5.36. The van der Waals surface area contributed by atoms with Crippen LogP contribution in [0.5, 0.6) is 0 Å². The van der Waals surface area contributed by atoms with E-state index in [-0.39, 0.29) is 16.5 Å². The number of rotatable bonds is 2. The number of carboxylic acids is 1. The van der Waals surface area contributed by atoms with Crippen LogP contribution in [0.25, 0.3) is 11.5 Å². The summed E-state index contributed by atoms with van der Waals surface area (Å²) in [6.07, 6.45) is 2.81. The van der Waals surface area contributed by atoms with E-state index in [0.29, 0.717) is 10.2 Å². The molecule has 2 rings (SSSR count). The summed E-state index contributed by atoms with van der Waals surface area (Å²) >= 11 is 12.3. The molecule has 0 aromatic carbocycles. The first-order valence-corrected chi connectivity index (χ1v) is 6.52. The van der Waals surface area contributed by atoms with Gasteiger partial charge in [0.1, 0.15) is 5.69 Å². The van der Waals surface area contributed by atoms with Gasteiger partial charge in [-0.25, -0.2) is 14.8 Å². The lowest BCUT2D eigenvalue weighted by Gasteiger charge is -2.04. The van der Waals surface area contributed by atoms with Crippen LogP contribution in [0.4, 0.5) is 0 Å². The van der Waals surface area contributed by atoms with Crippen LogP contribution in [0.2, 0.25) is 5.02 Å². The largest absolute Gasteiger partial charge is 0.476 e. The smallest absolute Gasteiger partial charge is 0.356 e. The summed E-state index contributed by atoms with van der Waals surface area (Å²) in [6, 6.07) is 1.76. The third kappa shape index (κ3) is 2.68. The zero-order valence-corrected chi connectivity index (χ0v) is 12.5. The Morgan fingerprint density at radius 1 is 1.28 bits per heavy atom. The van der Waals surface area contributed by atoms with E-state index in [1.54, 1.807) is 12.3 Å². The van der Waals surface area contributed by atoms with Gasteiger partial charge in [-0.2, -0.15) is 0 Å². The molecular weight excluding hydrogens is 389 g/mol. The number of pyridine rings is 1. The fourth-order valence-electron chi connectivity index (χ4n) is 1.21. The van der Waals surface area contributed by atoms with Crippen molar-refractivity contribution in [2.45, 2.75) is 0 Å². The van der Waals surface area contributed by atoms with Crippen molar-refractivity contribution in [3.63, 3.8) is 0 Å². The highest BCUT2D eigenvalue weighted by Gasteiger charge is 2.15. The van der Waals surface area contributed by atoms with Crippen molar-refractivity contribution >= 4 is 49.4 Å². The average molecular weight is 393 g/mol. The normalized spacial score (nSPS) is 10.4. The number of aromatic nitrogens is 3. The summed E-state index contributed by atoms with van der Waals surface area (Å²) in [7, 11) is 0. The standard InChI is InChI=1S/C10H4Br2ClN3O2/c11-4-1-5(12)7(14-2-4)9-15-3-6(13)8(16-9)10(17)18/h1-3H,(H,17,18). The molecule has 0 radical (unpaired) electrons. The molecule has 92 valence electrons. The minimum absolute atomic E-state index is 0.0144. The molecule has 0 aliphatic heterocycles. The highest BCUT2D eigenvalue weighted by atomic mass is 79.9. The fourth-order valence-corrected chi connectivity index (χ4v) is 2.55. The van der Waals surface area contributed by atoms with E-state index in [1.807, 2.05) is 0 Å². The Balaban J connectivity index is 2.58. The second-order valence-electron chi connectivity index (χ2n) is 3.18. The van der Waals surface area contributed by atoms with Gasteiger partial charge in [0, 0.05) is 15.1 Å². The van der Waals surface area contributed by atoms with E-state index in [4.69, 9.17) is 16.7 Å². The molecule has 0 bridgehead atoms. The van der Waals surface area contributed by atoms with Gasteiger partial charge in [0.15, 0.2) is 11.5 Å². The summed E-state index contributed by atoms with van der Waals surface area (Å²) in [5.74, 6) is -1.02. The number of carboxylic acid groups (broad SMARTS) is 1. The van der Waals surface area contributed by atoms with Gasteiger partial charge in [0.2, 0.25) is 0 Å². The summed E-state index contributed by atoms with van der Waals surface area (Å²) in [5, 5.41) is 8.92. The molecule has 0 atom stereocenters. The molecule has 0 amide bonds. The highest BCUT2D eigenvalue weighted by molar-refractivity contribution is 9.11. The molecule has 18 heavy (non-hydrogen) atoms. The van der Waals surface area contributed by atoms with Gasteiger partial charge < -0.3 is 5.11 Å². The van der Waals surface area contributed by atoms with Crippen molar-refractivity contribution in [2.24, 2.45) is 0 Å². The molecule has 2 aromatic heterocycles. The van der Waals surface area contributed by atoms with Crippen molar-refractivity contribution in [1.82, 2.24) is 15.0 Å². The molecule has 0 aliphatic rings. The van der Waals surface area contributed by atoms with Crippen LogP contribution in [-0.2, 0) is 0 Å². The molecule has 0 aliphatic carbocycles. The highest BCUT2D eigenvalue weighted by Crippen LogP contribution is 2.27. The first-order valence-electron chi connectivity index (χ1n) is 4.56. The second kappa shape index (κ2) is 5.29. The van der Waals surface area contributed by atoms with Crippen LogP contribution < -0.4 is 0 Å². The summed E-state index contributed by atoms with van der Waals surface area (Å²) < 4.78 is 1.43. The molecule has 1 N–H and O–H groups in total. The van der Waals surface area contributed by atoms with Gasteiger partial charge in [0.25, 0.3) is 0 Å². The summed E-state index contributed by atoms with van der Waals surface area (Å²) in [4.78, 5) is 22.9. The average Bonchev–Trinajstić information content (AvgIpc) is 2.30. The SMILES string of the molecule is O=C(O)c1nc(-c2ncc(Br)cc2Br)ncc1Cl. The predicted octanol–water partition coefficient (Wildman–Crippen LogP) is 3.42. The lowest BCUT2D eigenvalue weighted by molar-refractivity contribution is 0.0690. The Bertz CT molecular complexity index is 637. The van der Waals surface area contributed by atoms with Gasteiger partial charge in [-0.15, -0.1) is 0 Å². The van der Waals surface area contributed by atoms with Crippen LogP contribution in [0.3, 0.4) is 0 Å². The van der Waals surface area contributed by atoms with Crippen LogP contribution in [0.15, 0.2) is 27.4 Å². The molecule has 2 heterocycles. The van der Waals surface area contributed by atoms with Crippen LogP contribution in [-0.4, -0.2) is 26.0 Å². The maximum Gasteiger partial charge on any atom is 0.356 e. The van der Waals surface area contributed by atoms with Crippen molar-refractivity contribution in [3.05, 3.63) is 38.1 Å². The van der Waals surface area contributed by atoms with Gasteiger partial charge in [0.05, 0.1) is 11.2 Å². The fraction of sp³-hybridized carbons (Fsp3) is 0. The lowest BCUT2D eigenvalue weighted by Crippen LogP contribution is -2.04. The van der Waals surface area contributed by atoms with Crippen LogP contribution >= 0.6 is 43.5 Å². The van der Waals surface area contributed by atoms with E-state index >= 15 is 0 Å². The monoisotopic (exact) mass is 391 g/mol. The number of hydrogen-bond donors (Lipinski definition) is 1. The number of nitrogens with zero attached hydrogens (tertiary/aromatic N) is 3. The van der Waals surface area contributed by atoms with Gasteiger partial charge >= 0.3 is 5.97 Å². The Hall–Kier alpha value is -1.05. The molecule has 8 heteroatoms. The molecule has 0 fully saturated rings. The van der Waals surface area contributed by atoms with E-state index in [0.717, 1.165) is 4.47 Å². The predicted molar refractivity (Wildman–Crippen MR) is 72.6 cm³/mol. The van der Waals surface area contributed by atoms with Crippen molar-refractivity contribution in [2.75, 3.05) is 0 Å². The van der Waals surface area contributed by atoms with E-state index in [2.05, 4.69) is 46.8 Å². The Morgan fingerprint density at radius 2 is 2.00 bits per heavy atom. The first kappa shape index (κ1) is 13.4.